The summed E-state index contributed by atoms with van der Waals surface area (Å²) in [6, 6.07) is 7.46. The van der Waals surface area contributed by atoms with Gasteiger partial charge in [0, 0.05) is 25.6 Å². The maximum atomic E-state index is 12.4. The minimum atomic E-state index is -0.615. The minimum Gasteiger partial charge on any atom is -0.352 e. The van der Waals surface area contributed by atoms with E-state index in [2.05, 4.69) is 10.6 Å². The smallest absolute Gasteiger partial charge is 0.241 e. The highest BCUT2D eigenvalue weighted by molar-refractivity contribution is 5.87. The average Bonchev–Trinajstić information content (AvgIpc) is 2.70. The molecule has 4 N–H and O–H groups in total. The van der Waals surface area contributed by atoms with Crippen LogP contribution in [0.25, 0.3) is 0 Å². The first kappa shape index (κ1) is 21.9. The molecular weight excluding hydrogens is 356 g/mol. The molecule has 2 rings (SSSR count). The van der Waals surface area contributed by atoms with Crippen LogP contribution < -0.4 is 16.4 Å². The fraction of sp³-hybridized carbons (Fsp3) is 0.571. The van der Waals surface area contributed by atoms with E-state index >= 15 is 0 Å². The predicted molar refractivity (Wildman–Crippen MR) is 108 cm³/mol. The van der Waals surface area contributed by atoms with Crippen molar-refractivity contribution >= 4 is 17.7 Å². The van der Waals surface area contributed by atoms with Gasteiger partial charge in [0.25, 0.3) is 0 Å². The van der Waals surface area contributed by atoms with Crippen molar-refractivity contribution in [2.45, 2.75) is 46.2 Å². The van der Waals surface area contributed by atoms with Gasteiger partial charge in [0.15, 0.2) is 0 Å². The summed E-state index contributed by atoms with van der Waals surface area (Å²) in [5, 5.41) is 5.58. The fourth-order valence-electron chi connectivity index (χ4n) is 3.13. The van der Waals surface area contributed by atoms with Crippen LogP contribution in [0.3, 0.4) is 0 Å². The highest BCUT2D eigenvalue weighted by Crippen LogP contribution is 2.17. The van der Waals surface area contributed by atoms with Gasteiger partial charge in [-0.05, 0) is 31.2 Å². The van der Waals surface area contributed by atoms with Gasteiger partial charge in [-0.25, -0.2) is 0 Å². The summed E-state index contributed by atoms with van der Waals surface area (Å²) >= 11 is 0. The molecule has 28 heavy (non-hydrogen) atoms. The molecule has 1 fully saturated rings. The van der Waals surface area contributed by atoms with E-state index in [1.165, 1.54) is 5.56 Å². The summed E-state index contributed by atoms with van der Waals surface area (Å²) in [7, 11) is 0. The van der Waals surface area contributed by atoms with E-state index in [1.54, 1.807) is 4.90 Å². The maximum Gasteiger partial charge on any atom is 0.241 e. The summed E-state index contributed by atoms with van der Waals surface area (Å²) in [4.78, 5) is 38.2. The van der Waals surface area contributed by atoms with Gasteiger partial charge < -0.3 is 21.3 Å². The number of benzene rings is 1. The third-order valence-electron chi connectivity index (χ3n) is 5.24. The summed E-state index contributed by atoms with van der Waals surface area (Å²) in [5.74, 6) is -0.483. The van der Waals surface area contributed by atoms with Crippen molar-refractivity contribution in [3.63, 3.8) is 0 Å². The number of hydrogen-bond acceptors (Lipinski definition) is 4. The molecule has 1 atom stereocenters. The second-order valence-electron chi connectivity index (χ2n) is 7.85. The molecule has 0 aromatic heterocycles. The number of carbonyl (C=O) groups is 3. The monoisotopic (exact) mass is 388 g/mol. The van der Waals surface area contributed by atoms with Gasteiger partial charge in [0.05, 0.1) is 12.6 Å². The first-order valence-corrected chi connectivity index (χ1v) is 9.92. The molecule has 154 valence electrons. The number of aryl methyl sites for hydroxylation is 1. The molecule has 1 aromatic rings. The molecule has 1 saturated heterocycles. The van der Waals surface area contributed by atoms with Crippen molar-refractivity contribution in [2.75, 3.05) is 19.6 Å². The zero-order valence-corrected chi connectivity index (χ0v) is 17.0. The molecule has 0 spiro atoms. The van der Waals surface area contributed by atoms with Gasteiger partial charge in [0.2, 0.25) is 17.7 Å². The van der Waals surface area contributed by atoms with Gasteiger partial charge in [-0.2, -0.15) is 0 Å². The molecule has 7 nitrogen and oxygen atoms in total. The Kier molecular flexibility index (Phi) is 7.99. The van der Waals surface area contributed by atoms with Crippen LogP contribution in [0, 0.1) is 18.8 Å². The largest absolute Gasteiger partial charge is 0.352 e. The second kappa shape index (κ2) is 10.2. The topological polar surface area (TPSA) is 105 Å². The predicted octanol–water partition coefficient (Wildman–Crippen LogP) is 0.949. The lowest BCUT2D eigenvalue weighted by molar-refractivity contribution is -0.136. The van der Waals surface area contributed by atoms with E-state index in [0.717, 1.165) is 5.56 Å². The van der Waals surface area contributed by atoms with Crippen molar-refractivity contribution in [2.24, 2.45) is 17.6 Å². The lowest BCUT2D eigenvalue weighted by Gasteiger charge is -2.31. The van der Waals surface area contributed by atoms with E-state index in [0.29, 0.717) is 32.5 Å². The number of hydrogen-bond donors (Lipinski definition) is 3. The molecule has 3 amide bonds. The third-order valence-corrected chi connectivity index (χ3v) is 5.24. The van der Waals surface area contributed by atoms with Crippen LogP contribution in [0.2, 0.25) is 0 Å². The second-order valence-corrected chi connectivity index (χ2v) is 7.85. The lowest BCUT2D eigenvalue weighted by Crippen LogP contribution is -2.49. The zero-order chi connectivity index (χ0) is 20.7. The zero-order valence-electron chi connectivity index (χ0n) is 17.0. The number of carbonyl (C=O) groups excluding carboxylic acids is 3. The van der Waals surface area contributed by atoms with Crippen molar-refractivity contribution in [1.82, 2.24) is 15.5 Å². The molecule has 7 heteroatoms. The summed E-state index contributed by atoms with van der Waals surface area (Å²) in [5.41, 5.74) is 8.03. The number of nitrogens with two attached hydrogens (primary N) is 1. The van der Waals surface area contributed by atoms with E-state index < -0.39 is 6.04 Å². The van der Waals surface area contributed by atoms with Gasteiger partial charge in [-0.1, -0.05) is 43.7 Å². The Morgan fingerprint density at radius 2 is 1.71 bits per heavy atom. The highest BCUT2D eigenvalue weighted by atomic mass is 16.2. The van der Waals surface area contributed by atoms with E-state index in [1.807, 2.05) is 45.0 Å². The van der Waals surface area contributed by atoms with Crippen LogP contribution in [0.15, 0.2) is 24.3 Å². The molecule has 0 radical (unpaired) electrons. The standard InChI is InChI=1S/C21H32N4O3/c1-14(2)19(22)21(28)24-13-18(26)25-10-8-17(9-11-25)20(27)23-12-16-6-4-15(3)5-7-16/h4-7,14,17,19H,8-13,22H2,1-3H3,(H,23,27)(H,24,28)/t19-/m0/s1. The highest BCUT2D eigenvalue weighted by Gasteiger charge is 2.27. The Morgan fingerprint density at radius 3 is 2.29 bits per heavy atom. The number of nitrogens with zero attached hydrogens (tertiary/aromatic N) is 1. The van der Waals surface area contributed by atoms with Crippen molar-refractivity contribution in [3.8, 4) is 0 Å². The van der Waals surface area contributed by atoms with Gasteiger partial charge in [0.1, 0.15) is 0 Å². The van der Waals surface area contributed by atoms with E-state index in [-0.39, 0.29) is 36.1 Å². The van der Waals surface area contributed by atoms with Crippen LogP contribution in [0.1, 0.15) is 37.8 Å². The molecule has 1 aromatic carbocycles. The normalized spacial score (nSPS) is 16.0. The van der Waals surface area contributed by atoms with E-state index in [9.17, 15) is 14.4 Å². The molecule has 1 heterocycles. The quantitative estimate of drug-likeness (QED) is 0.647. The van der Waals surface area contributed by atoms with Crippen LogP contribution in [0.5, 0.6) is 0 Å². The Hall–Kier alpha value is -2.41. The Balaban J connectivity index is 1.71. The van der Waals surface area contributed by atoms with E-state index in [4.69, 9.17) is 5.73 Å². The first-order chi connectivity index (χ1) is 13.3. The summed E-state index contributed by atoms with van der Waals surface area (Å²) in [6.45, 7) is 7.26. The lowest BCUT2D eigenvalue weighted by atomic mass is 9.95. The fourth-order valence-corrected chi connectivity index (χ4v) is 3.13. The van der Waals surface area contributed by atoms with Crippen molar-refractivity contribution in [3.05, 3.63) is 35.4 Å². The van der Waals surface area contributed by atoms with Crippen LogP contribution in [-0.4, -0.2) is 48.3 Å². The summed E-state index contributed by atoms with van der Waals surface area (Å²) in [6.07, 6.45) is 1.26. The molecule has 0 bridgehead atoms. The molecule has 0 unspecified atom stereocenters. The van der Waals surface area contributed by atoms with Crippen LogP contribution in [0.4, 0.5) is 0 Å². The van der Waals surface area contributed by atoms with Crippen molar-refractivity contribution < 1.29 is 14.4 Å². The van der Waals surface area contributed by atoms with Crippen molar-refractivity contribution in [1.29, 1.82) is 0 Å². The molecular formula is C21H32N4O3. The Labute approximate surface area is 167 Å². The average molecular weight is 389 g/mol. The maximum absolute atomic E-state index is 12.4. The molecule has 1 aliphatic rings. The number of likely N-dealkylation sites (tertiary alicyclic amines) is 1. The summed E-state index contributed by atoms with van der Waals surface area (Å²) < 4.78 is 0. The Bertz CT molecular complexity index is 679. The molecule has 1 aliphatic heterocycles. The van der Waals surface area contributed by atoms with Gasteiger partial charge in [-0.3, -0.25) is 14.4 Å². The number of rotatable bonds is 7. The molecule has 0 aliphatic carbocycles. The number of nitrogens with one attached hydrogen (secondary N) is 2. The number of piperidine rings is 1. The van der Waals surface area contributed by atoms with Gasteiger partial charge >= 0.3 is 0 Å². The SMILES string of the molecule is Cc1ccc(CNC(=O)C2CCN(C(=O)CNC(=O)[C@@H](N)C(C)C)CC2)cc1. The Morgan fingerprint density at radius 1 is 1.11 bits per heavy atom. The third kappa shape index (κ3) is 6.34. The van der Waals surface area contributed by atoms with Gasteiger partial charge in [-0.15, -0.1) is 0 Å². The first-order valence-electron chi connectivity index (χ1n) is 9.92. The number of amides is 3. The van der Waals surface area contributed by atoms with Crippen LogP contribution in [-0.2, 0) is 20.9 Å². The molecule has 0 saturated carbocycles. The van der Waals surface area contributed by atoms with Crippen LogP contribution >= 0.6 is 0 Å². The minimum absolute atomic E-state index is 0.0178.